The van der Waals surface area contributed by atoms with Crippen molar-refractivity contribution < 1.29 is 9.84 Å². The number of hydrogen-bond donors (Lipinski definition) is 2. The van der Waals surface area contributed by atoms with Gasteiger partial charge in [0.2, 0.25) is 0 Å². The Morgan fingerprint density at radius 2 is 2.37 bits per heavy atom. The summed E-state index contributed by atoms with van der Waals surface area (Å²) >= 11 is 1.69. The summed E-state index contributed by atoms with van der Waals surface area (Å²) in [5, 5.41) is 15.3. The standard InChI is InChI=1S/C15H25NO2S/c1-2-15(6-4-7-15)12-16-9-13(17)10-18-11-14-5-3-8-19-14/h3,5,8,13,16-17H,2,4,6-7,9-12H2,1H3. The third kappa shape index (κ3) is 4.56. The molecule has 1 aliphatic carbocycles. The maximum absolute atomic E-state index is 9.85. The molecule has 0 bridgehead atoms. The normalized spacial score (nSPS) is 19.1. The first-order chi connectivity index (χ1) is 9.24. The molecule has 0 saturated heterocycles. The van der Waals surface area contributed by atoms with Gasteiger partial charge in [-0.15, -0.1) is 11.3 Å². The van der Waals surface area contributed by atoms with Gasteiger partial charge in [0, 0.05) is 18.0 Å². The zero-order valence-electron chi connectivity index (χ0n) is 11.7. The van der Waals surface area contributed by atoms with Gasteiger partial charge in [-0.05, 0) is 36.1 Å². The number of aliphatic hydroxyl groups is 1. The van der Waals surface area contributed by atoms with Crippen LogP contribution in [0.4, 0.5) is 0 Å². The minimum absolute atomic E-state index is 0.407. The van der Waals surface area contributed by atoms with E-state index in [1.54, 1.807) is 11.3 Å². The lowest BCUT2D eigenvalue weighted by Gasteiger charge is -2.41. The summed E-state index contributed by atoms with van der Waals surface area (Å²) in [5.41, 5.74) is 0.511. The van der Waals surface area contributed by atoms with E-state index >= 15 is 0 Å². The minimum Gasteiger partial charge on any atom is -0.389 e. The van der Waals surface area contributed by atoms with E-state index < -0.39 is 6.10 Å². The topological polar surface area (TPSA) is 41.5 Å². The first-order valence-corrected chi connectivity index (χ1v) is 8.11. The highest BCUT2D eigenvalue weighted by molar-refractivity contribution is 7.09. The fourth-order valence-electron chi connectivity index (χ4n) is 2.59. The molecule has 4 heteroatoms. The highest BCUT2D eigenvalue weighted by Gasteiger charge is 2.34. The lowest BCUT2D eigenvalue weighted by atomic mass is 9.67. The Morgan fingerprint density at radius 1 is 1.53 bits per heavy atom. The summed E-state index contributed by atoms with van der Waals surface area (Å²) in [5.74, 6) is 0. The van der Waals surface area contributed by atoms with Gasteiger partial charge in [-0.25, -0.2) is 0 Å². The van der Waals surface area contributed by atoms with Crippen molar-refractivity contribution in [2.75, 3.05) is 19.7 Å². The molecule has 19 heavy (non-hydrogen) atoms. The van der Waals surface area contributed by atoms with E-state index in [-0.39, 0.29) is 0 Å². The van der Waals surface area contributed by atoms with Crippen LogP contribution in [-0.4, -0.2) is 30.9 Å². The van der Waals surface area contributed by atoms with Gasteiger partial charge in [0.05, 0.1) is 19.3 Å². The molecule has 1 heterocycles. The first-order valence-electron chi connectivity index (χ1n) is 7.23. The van der Waals surface area contributed by atoms with Crippen LogP contribution in [0.25, 0.3) is 0 Å². The second kappa shape index (κ2) is 7.39. The van der Waals surface area contributed by atoms with Crippen molar-refractivity contribution in [2.24, 2.45) is 5.41 Å². The minimum atomic E-state index is -0.408. The number of hydrogen-bond acceptors (Lipinski definition) is 4. The Balaban J connectivity index is 1.53. The predicted molar refractivity (Wildman–Crippen MR) is 79.4 cm³/mol. The summed E-state index contributed by atoms with van der Waals surface area (Å²) in [6, 6.07) is 4.07. The van der Waals surface area contributed by atoms with Crippen LogP contribution in [0.5, 0.6) is 0 Å². The van der Waals surface area contributed by atoms with Crippen LogP contribution in [-0.2, 0) is 11.3 Å². The molecule has 1 aromatic heterocycles. The van der Waals surface area contributed by atoms with Crippen LogP contribution in [0.3, 0.4) is 0 Å². The summed E-state index contributed by atoms with van der Waals surface area (Å²) < 4.78 is 5.51. The van der Waals surface area contributed by atoms with E-state index in [2.05, 4.69) is 18.3 Å². The zero-order chi connectivity index (χ0) is 13.6. The molecule has 108 valence electrons. The van der Waals surface area contributed by atoms with E-state index in [9.17, 15) is 5.11 Å². The lowest BCUT2D eigenvalue weighted by molar-refractivity contribution is 0.0261. The molecule has 0 spiro atoms. The van der Waals surface area contributed by atoms with Gasteiger partial charge in [-0.2, -0.15) is 0 Å². The van der Waals surface area contributed by atoms with Crippen molar-refractivity contribution in [3.63, 3.8) is 0 Å². The molecule has 0 radical (unpaired) electrons. The Kier molecular flexibility index (Phi) is 5.82. The smallest absolute Gasteiger partial charge is 0.0897 e. The average molecular weight is 283 g/mol. The summed E-state index contributed by atoms with van der Waals surface area (Å²) in [7, 11) is 0. The number of rotatable bonds is 9. The van der Waals surface area contributed by atoms with Crippen LogP contribution >= 0.6 is 11.3 Å². The van der Waals surface area contributed by atoms with E-state index in [0.29, 0.717) is 25.2 Å². The Bertz CT molecular complexity index is 344. The van der Waals surface area contributed by atoms with E-state index in [1.165, 1.54) is 30.6 Å². The Morgan fingerprint density at radius 3 is 2.95 bits per heavy atom. The number of thiophene rings is 1. The maximum Gasteiger partial charge on any atom is 0.0897 e. The molecule has 1 fully saturated rings. The molecular weight excluding hydrogens is 258 g/mol. The largest absolute Gasteiger partial charge is 0.389 e. The maximum atomic E-state index is 9.85. The van der Waals surface area contributed by atoms with Gasteiger partial charge < -0.3 is 15.2 Å². The molecule has 0 aliphatic heterocycles. The first kappa shape index (κ1) is 15.0. The van der Waals surface area contributed by atoms with Gasteiger partial charge in [-0.1, -0.05) is 19.4 Å². The van der Waals surface area contributed by atoms with Gasteiger partial charge in [-0.3, -0.25) is 0 Å². The number of aliphatic hydroxyl groups excluding tert-OH is 1. The highest BCUT2D eigenvalue weighted by atomic mass is 32.1. The van der Waals surface area contributed by atoms with Crippen LogP contribution in [0.1, 0.15) is 37.5 Å². The van der Waals surface area contributed by atoms with E-state index in [4.69, 9.17) is 4.74 Å². The van der Waals surface area contributed by atoms with Crippen LogP contribution < -0.4 is 5.32 Å². The fourth-order valence-corrected chi connectivity index (χ4v) is 3.23. The molecule has 2 N–H and O–H groups in total. The van der Waals surface area contributed by atoms with Crippen molar-refractivity contribution in [2.45, 2.75) is 45.3 Å². The summed E-state index contributed by atoms with van der Waals surface area (Å²) in [6.45, 7) is 4.94. The molecule has 2 rings (SSSR count). The highest BCUT2D eigenvalue weighted by Crippen LogP contribution is 2.42. The molecule has 1 atom stereocenters. The Hall–Kier alpha value is -0.420. The lowest BCUT2D eigenvalue weighted by Crippen LogP contribution is -2.42. The number of ether oxygens (including phenoxy) is 1. The summed E-state index contributed by atoms with van der Waals surface area (Å²) in [6.07, 6.45) is 4.87. The molecular formula is C15H25NO2S. The van der Waals surface area contributed by atoms with Gasteiger partial charge >= 0.3 is 0 Å². The molecule has 1 saturated carbocycles. The van der Waals surface area contributed by atoms with Crippen LogP contribution in [0.15, 0.2) is 17.5 Å². The van der Waals surface area contributed by atoms with Gasteiger partial charge in [0.15, 0.2) is 0 Å². The predicted octanol–water partition coefficient (Wildman–Crippen LogP) is 2.80. The molecule has 0 aromatic carbocycles. The van der Waals surface area contributed by atoms with Crippen molar-refractivity contribution >= 4 is 11.3 Å². The SMILES string of the molecule is CCC1(CNCC(O)COCc2cccs2)CCC1. The van der Waals surface area contributed by atoms with Crippen LogP contribution in [0.2, 0.25) is 0 Å². The molecule has 1 aliphatic rings. The molecule has 3 nitrogen and oxygen atoms in total. The van der Waals surface area contributed by atoms with Gasteiger partial charge in [0.1, 0.15) is 0 Å². The number of nitrogens with one attached hydrogen (secondary N) is 1. The molecule has 1 unspecified atom stereocenters. The summed E-state index contributed by atoms with van der Waals surface area (Å²) in [4.78, 5) is 1.21. The van der Waals surface area contributed by atoms with Crippen LogP contribution in [0, 0.1) is 5.41 Å². The van der Waals surface area contributed by atoms with Gasteiger partial charge in [0.25, 0.3) is 0 Å². The monoisotopic (exact) mass is 283 g/mol. The Labute approximate surface area is 120 Å². The van der Waals surface area contributed by atoms with Crippen molar-refractivity contribution in [1.29, 1.82) is 0 Å². The third-order valence-corrected chi connectivity index (χ3v) is 5.03. The second-order valence-electron chi connectivity index (χ2n) is 5.59. The third-order valence-electron chi connectivity index (χ3n) is 4.18. The van der Waals surface area contributed by atoms with Crippen molar-refractivity contribution in [3.8, 4) is 0 Å². The zero-order valence-corrected chi connectivity index (χ0v) is 12.5. The second-order valence-corrected chi connectivity index (χ2v) is 6.62. The van der Waals surface area contributed by atoms with E-state index in [1.807, 2.05) is 11.4 Å². The van der Waals surface area contributed by atoms with Crippen molar-refractivity contribution in [3.05, 3.63) is 22.4 Å². The van der Waals surface area contributed by atoms with E-state index in [0.717, 1.165) is 6.54 Å². The fraction of sp³-hybridized carbons (Fsp3) is 0.733. The molecule has 0 amide bonds. The quantitative estimate of drug-likeness (QED) is 0.732. The van der Waals surface area contributed by atoms with Crippen molar-refractivity contribution in [1.82, 2.24) is 5.32 Å². The molecule has 1 aromatic rings. The average Bonchev–Trinajstić information content (AvgIpc) is 2.86.